The summed E-state index contributed by atoms with van der Waals surface area (Å²) >= 11 is 0. The second-order valence-electron chi connectivity index (χ2n) is 12.8. The van der Waals surface area contributed by atoms with Crippen LogP contribution >= 0.6 is 0 Å². The maximum Gasteiger partial charge on any atom is -0.00139 e. The highest BCUT2D eigenvalue weighted by Crippen LogP contribution is 2.49. The number of hydrogen-bond donors (Lipinski definition) is 0. The van der Waals surface area contributed by atoms with E-state index in [2.05, 4.69) is 182 Å². The zero-order valence-corrected chi connectivity index (χ0v) is 26.3. The molecule has 0 fully saturated rings. The van der Waals surface area contributed by atoms with E-state index >= 15 is 0 Å². The minimum absolute atomic E-state index is 1.23. The van der Waals surface area contributed by atoms with Crippen molar-refractivity contribution in [1.29, 1.82) is 0 Å². The predicted molar refractivity (Wildman–Crippen MR) is 207 cm³/mol. The molecular weight excluding hydrogens is 577 g/mol. The van der Waals surface area contributed by atoms with Gasteiger partial charge in [-0.25, -0.2) is 0 Å². The Labute approximate surface area is 279 Å². The average molecular weight is 607 g/mol. The molecule has 0 bridgehead atoms. The lowest BCUT2D eigenvalue weighted by Crippen LogP contribution is -1.94. The van der Waals surface area contributed by atoms with E-state index in [0.717, 1.165) is 0 Å². The van der Waals surface area contributed by atoms with Crippen molar-refractivity contribution < 1.29 is 0 Å². The molecule has 0 aromatic heterocycles. The zero-order valence-electron chi connectivity index (χ0n) is 26.3. The Morgan fingerprint density at radius 1 is 0.208 bits per heavy atom. The molecule has 0 nitrogen and oxygen atoms in total. The molecule has 0 amide bonds. The van der Waals surface area contributed by atoms with E-state index < -0.39 is 0 Å². The SMILES string of the molecule is c1ccc(-c2cc(-c3ccc4ccccc4c3)c3ccc4c(-c5ccccc5)cc(-c5cccc6ccccc56)c5ccc2c3c45)cc1. The van der Waals surface area contributed by atoms with Gasteiger partial charge in [-0.15, -0.1) is 0 Å². The molecule has 0 unspecified atom stereocenters. The zero-order chi connectivity index (χ0) is 31.6. The minimum Gasteiger partial charge on any atom is -0.0622 e. The summed E-state index contributed by atoms with van der Waals surface area (Å²) in [5.41, 5.74) is 10.0. The van der Waals surface area contributed by atoms with E-state index in [9.17, 15) is 0 Å². The standard InChI is InChI=1S/C48H30/c1-3-13-33(14-4-1)43-29-45(36-23-22-31-12-7-8-18-35(31)28-36)41-25-24-40-44(34-15-5-2-6-16-34)30-46(42-27-26-39(43)47(41)48(40)42)38-21-11-19-32-17-9-10-20-37(32)38/h1-30H. The minimum atomic E-state index is 1.23. The summed E-state index contributed by atoms with van der Waals surface area (Å²) in [7, 11) is 0. The molecule has 222 valence electrons. The molecular formula is C48H30. The first-order valence-corrected chi connectivity index (χ1v) is 16.7. The lowest BCUT2D eigenvalue weighted by molar-refractivity contribution is 1.63. The molecule has 0 atom stereocenters. The van der Waals surface area contributed by atoms with Gasteiger partial charge in [0.1, 0.15) is 0 Å². The van der Waals surface area contributed by atoms with Crippen LogP contribution in [0.2, 0.25) is 0 Å². The first kappa shape index (κ1) is 26.9. The van der Waals surface area contributed by atoms with Gasteiger partial charge in [0, 0.05) is 0 Å². The first-order chi connectivity index (χ1) is 23.8. The highest BCUT2D eigenvalue weighted by atomic mass is 14.2. The van der Waals surface area contributed by atoms with Gasteiger partial charge < -0.3 is 0 Å². The Kier molecular flexibility index (Phi) is 5.98. The highest BCUT2D eigenvalue weighted by Gasteiger charge is 2.21. The average Bonchev–Trinajstić information content (AvgIpc) is 3.17. The summed E-state index contributed by atoms with van der Waals surface area (Å²) in [4.78, 5) is 0. The van der Waals surface area contributed by atoms with E-state index in [1.165, 1.54) is 98.4 Å². The predicted octanol–water partition coefficient (Wildman–Crippen LogP) is 13.6. The van der Waals surface area contributed by atoms with Crippen LogP contribution in [-0.4, -0.2) is 0 Å². The highest BCUT2D eigenvalue weighted by molar-refractivity contribution is 6.32. The second kappa shape index (κ2) is 10.7. The van der Waals surface area contributed by atoms with Crippen molar-refractivity contribution >= 4 is 53.9 Å². The van der Waals surface area contributed by atoms with Crippen molar-refractivity contribution in [3.05, 3.63) is 182 Å². The van der Waals surface area contributed by atoms with Crippen LogP contribution in [0.25, 0.3) is 98.4 Å². The van der Waals surface area contributed by atoms with E-state index in [1.807, 2.05) is 0 Å². The Bertz CT molecular complexity index is 2800. The molecule has 0 aliphatic rings. The smallest absolute Gasteiger partial charge is 0.00139 e. The van der Waals surface area contributed by atoms with Crippen molar-refractivity contribution in [1.82, 2.24) is 0 Å². The second-order valence-corrected chi connectivity index (χ2v) is 12.8. The lowest BCUT2D eigenvalue weighted by Gasteiger charge is -2.22. The third kappa shape index (κ3) is 4.10. The van der Waals surface area contributed by atoms with Crippen LogP contribution in [0.15, 0.2) is 182 Å². The summed E-state index contributed by atoms with van der Waals surface area (Å²) in [6, 6.07) is 67.1. The molecule has 0 saturated heterocycles. The van der Waals surface area contributed by atoms with Gasteiger partial charge in [0.05, 0.1) is 0 Å². The van der Waals surface area contributed by atoms with Gasteiger partial charge in [-0.3, -0.25) is 0 Å². The van der Waals surface area contributed by atoms with Crippen LogP contribution in [0, 0.1) is 0 Å². The summed E-state index contributed by atoms with van der Waals surface area (Å²) in [5, 5.41) is 12.8. The van der Waals surface area contributed by atoms with Crippen molar-refractivity contribution in [2.24, 2.45) is 0 Å². The van der Waals surface area contributed by atoms with Crippen LogP contribution in [-0.2, 0) is 0 Å². The third-order valence-corrected chi connectivity index (χ3v) is 10.2. The summed E-state index contributed by atoms with van der Waals surface area (Å²) in [5.74, 6) is 0. The van der Waals surface area contributed by atoms with Crippen LogP contribution in [0.3, 0.4) is 0 Å². The van der Waals surface area contributed by atoms with E-state index in [-0.39, 0.29) is 0 Å². The van der Waals surface area contributed by atoms with Gasteiger partial charge in [0.15, 0.2) is 0 Å². The van der Waals surface area contributed by atoms with Crippen molar-refractivity contribution in [2.75, 3.05) is 0 Å². The summed E-state index contributed by atoms with van der Waals surface area (Å²) in [6.45, 7) is 0. The molecule has 0 N–H and O–H groups in total. The number of fused-ring (bicyclic) bond motifs is 2. The molecule has 0 heterocycles. The van der Waals surface area contributed by atoms with Gasteiger partial charge in [-0.05, 0) is 117 Å². The Hall–Kier alpha value is -6.24. The lowest BCUT2D eigenvalue weighted by atomic mass is 9.81. The molecule has 0 aliphatic heterocycles. The molecule has 10 aromatic rings. The van der Waals surface area contributed by atoms with Crippen molar-refractivity contribution in [2.45, 2.75) is 0 Å². The van der Waals surface area contributed by atoms with Gasteiger partial charge in [0.25, 0.3) is 0 Å². The molecule has 0 spiro atoms. The number of hydrogen-bond acceptors (Lipinski definition) is 0. The molecule has 10 aromatic carbocycles. The van der Waals surface area contributed by atoms with E-state index in [4.69, 9.17) is 0 Å². The normalized spacial score (nSPS) is 11.8. The molecule has 0 heteroatoms. The van der Waals surface area contributed by atoms with Crippen LogP contribution in [0.4, 0.5) is 0 Å². The molecule has 0 saturated carbocycles. The molecule has 48 heavy (non-hydrogen) atoms. The van der Waals surface area contributed by atoms with Crippen LogP contribution < -0.4 is 0 Å². The summed E-state index contributed by atoms with van der Waals surface area (Å²) in [6.07, 6.45) is 0. The quantitative estimate of drug-likeness (QED) is 0.175. The Morgan fingerprint density at radius 2 is 0.688 bits per heavy atom. The molecule has 0 radical (unpaired) electrons. The van der Waals surface area contributed by atoms with Gasteiger partial charge in [0.2, 0.25) is 0 Å². The summed E-state index contributed by atoms with van der Waals surface area (Å²) < 4.78 is 0. The Balaban J connectivity index is 1.40. The van der Waals surface area contributed by atoms with Gasteiger partial charge in [-0.1, -0.05) is 164 Å². The first-order valence-electron chi connectivity index (χ1n) is 16.7. The van der Waals surface area contributed by atoms with Crippen LogP contribution in [0.5, 0.6) is 0 Å². The Morgan fingerprint density at radius 3 is 1.33 bits per heavy atom. The maximum atomic E-state index is 2.43. The fourth-order valence-electron chi connectivity index (χ4n) is 7.98. The number of benzene rings is 10. The van der Waals surface area contributed by atoms with Crippen molar-refractivity contribution in [3.8, 4) is 44.5 Å². The monoisotopic (exact) mass is 606 g/mol. The topological polar surface area (TPSA) is 0 Å². The third-order valence-electron chi connectivity index (χ3n) is 10.2. The van der Waals surface area contributed by atoms with Crippen LogP contribution in [0.1, 0.15) is 0 Å². The van der Waals surface area contributed by atoms with E-state index in [0.29, 0.717) is 0 Å². The molecule has 10 rings (SSSR count). The fourth-order valence-corrected chi connectivity index (χ4v) is 7.98. The fraction of sp³-hybridized carbons (Fsp3) is 0. The largest absolute Gasteiger partial charge is 0.0622 e. The number of rotatable bonds is 4. The van der Waals surface area contributed by atoms with E-state index in [1.54, 1.807) is 0 Å². The molecule has 0 aliphatic carbocycles. The van der Waals surface area contributed by atoms with Gasteiger partial charge in [-0.2, -0.15) is 0 Å². The maximum absolute atomic E-state index is 2.43. The van der Waals surface area contributed by atoms with Gasteiger partial charge >= 0.3 is 0 Å². The van der Waals surface area contributed by atoms with Crippen molar-refractivity contribution in [3.63, 3.8) is 0 Å².